The van der Waals surface area contributed by atoms with Crippen molar-refractivity contribution in [2.45, 2.75) is 82.2 Å². The van der Waals surface area contributed by atoms with Crippen molar-refractivity contribution in [2.75, 3.05) is 44.7 Å². The predicted molar refractivity (Wildman–Crippen MR) is 127 cm³/mol. The summed E-state index contributed by atoms with van der Waals surface area (Å²) in [5.41, 5.74) is 0.996. The molecule has 1 aromatic carbocycles. The van der Waals surface area contributed by atoms with Crippen LogP contribution in [0, 0.1) is 17.7 Å². The lowest BCUT2D eigenvalue weighted by Gasteiger charge is -2.50. The molecule has 2 atom stereocenters. The fourth-order valence-electron chi connectivity index (χ4n) is 7.58. The van der Waals surface area contributed by atoms with E-state index in [0.29, 0.717) is 11.8 Å². The maximum absolute atomic E-state index is 14.9. The zero-order valence-corrected chi connectivity index (χ0v) is 19.6. The van der Waals surface area contributed by atoms with Crippen molar-refractivity contribution in [3.05, 3.63) is 30.1 Å². The molecule has 1 saturated carbocycles. The summed E-state index contributed by atoms with van der Waals surface area (Å²) in [6.07, 6.45) is 15.1. The molecular weight excluding hydrogens is 385 g/mol. The van der Waals surface area contributed by atoms with Crippen LogP contribution in [0.25, 0.3) is 0 Å². The number of anilines is 1. The van der Waals surface area contributed by atoms with Crippen LogP contribution in [0.4, 0.5) is 10.1 Å². The van der Waals surface area contributed by atoms with E-state index in [9.17, 15) is 4.39 Å². The monoisotopic (exact) mass is 427 g/mol. The third-order valence-electron chi connectivity index (χ3n) is 9.17. The third kappa shape index (κ3) is 4.27. The summed E-state index contributed by atoms with van der Waals surface area (Å²) in [6, 6.07) is 8.30. The lowest BCUT2D eigenvalue weighted by molar-refractivity contribution is 0.0826. The highest BCUT2D eigenvalue weighted by Crippen LogP contribution is 2.51. The van der Waals surface area contributed by atoms with Crippen molar-refractivity contribution in [1.29, 1.82) is 0 Å². The number of halogens is 1. The minimum Gasteiger partial charge on any atom is -0.363 e. The normalized spacial score (nSPS) is 31.2. The van der Waals surface area contributed by atoms with Gasteiger partial charge in [-0.1, -0.05) is 57.1 Å². The highest BCUT2D eigenvalue weighted by Gasteiger charge is 2.57. The highest BCUT2D eigenvalue weighted by molar-refractivity contribution is 5.53. The van der Waals surface area contributed by atoms with Crippen LogP contribution in [-0.2, 0) is 0 Å². The molecule has 5 rings (SSSR count). The Bertz CT molecular complexity index is 719. The van der Waals surface area contributed by atoms with Crippen LogP contribution in [0.5, 0.6) is 0 Å². The van der Waals surface area contributed by atoms with Crippen molar-refractivity contribution in [2.24, 2.45) is 11.8 Å². The minimum atomic E-state index is -0.0371. The molecule has 3 aliphatic heterocycles. The van der Waals surface area contributed by atoms with Crippen LogP contribution in [0.1, 0.15) is 70.6 Å². The molecule has 1 aromatic rings. The molecule has 172 valence electrons. The van der Waals surface area contributed by atoms with Gasteiger partial charge >= 0.3 is 0 Å². The van der Waals surface area contributed by atoms with Crippen molar-refractivity contribution in [1.82, 2.24) is 9.80 Å². The lowest BCUT2D eigenvalue weighted by atomic mass is 9.74. The number of rotatable bonds is 2. The second-order valence-electron chi connectivity index (χ2n) is 11.0. The van der Waals surface area contributed by atoms with Crippen molar-refractivity contribution >= 4 is 5.69 Å². The predicted octanol–water partition coefficient (Wildman–Crippen LogP) is 5.55. The lowest BCUT2D eigenvalue weighted by Crippen LogP contribution is -2.58. The van der Waals surface area contributed by atoms with E-state index >= 15 is 0 Å². The molecule has 4 heteroatoms. The van der Waals surface area contributed by atoms with Gasteiger partial charge in [-0.2, -0.15) is 0 Å². The molecule has 0 unspecified atom stereocenters. The topological polar surface area (TPSA) is 9.72 Å². The second-order valence-corrected chi connectivity index (χ2v) is 11.0. The first-order chi connectivity index (χ1) is 15.2. The van der Waals surface area contributed by atoms with Gasteiger partial charge in [0.05, 0.1) is 5.69 Å². The van der Waals surface area contributed by atoms with E-state index in [1.54, 1.807) is 6.07 Å². The number of hydrogen-bond donors (Lipinski definition) is 0. The summed E-state index contributed by atoms with van der Waals surface area (Å²) in [6.45, 7) is 5.77. The molecular formula is C27H42FN3. The highest BCUT2D eigenvalue weighted by atomic mass is 19.1. The third-order valence-corrected chi connectivity index (χ3v) is 9.17. The summed E-state index contributed by atoms with van der Waals surface area (Å²) in [5.74, 6) is 1.33. The Morgan fingerprint density at radius 1 is 0.839 bits per heavy atom. The Morgan fingerprint density at radius 3 is 2.16 bits per heavy atom. The van der Waals surface area contributed by atoms with Crippen LogP contribution in [0.15, 0.2) is 24.3 Å². The van der Waals surface area contributed by atoms with E-state index in [-0.39, 0.29) is 11.4 Å². The fraction of sp³-hybridized carbons (Fsp3) is 0.778. The van der Waals surface area contributed by atoms with Crippen LogP contribution < -0.4 is 4.90 Å². The Labute approximate surface area is 189 Å². The largest absolute Gasteiger partial charge is 0.363 e. The van der Waals surface area contributed by atoms with Crippen molar-refractivity contribution in [3.8, 4) is 0 Å². The number of para-hydroxylation sites is 1. The van der Waals surface area contributed by atoms with Crippen LogP contribution in [-0.4, -0.2) is 61.2 Å². The van der Waals surface area contributed by atoms with Gasteiger partial charge in [-0.3, -0.25) is 0 Å². The SMILES string of the molecule is CN1C[C@H]2CN(c3ccccc3F)C3(CCN(C4CCCCCCCCC4)CC3)[C@H]2C1. The number of nitrogens with zero attached hydrogens (tertiary/aromatic N) is 3. The fourth-order valence-corrected chi connectivity index (χ4v) is 7.58. The van der Waals surface area contributed by atoms with E-state index in [0.717, 1.165) is 18.3 Å². The summed E-state index contributed by atoms with van der Waals surface area (Å²) < 4.78 is 14.9. The van der Waals surface area contributed by atoms with E-state index in [4.69, 9.17) is 0 Å². The van der Waals surface area contributed by atoms with Crippen molar-refractivity contribution < 1.29 is 4.39 Å². The molecule has 4 fully saturated rings. The zero-order valence-electron chi connectivity index (χ0n) is 19.6. The van der Waals surface area contributed by atoms with E-state index in [1.165, 1.54) is 96.8 Å². The molecule has 0 aromatic heterocycles. The molecule has 3 saturated heterocycles. The van der Waals surface area contributed by atoms with Gasteiger partial charge in [0.25, 0.3) is 0 Å². The van der Waals surface area contributed by atoms with Crippen LogP contribution in [0.2, 0.25) is 0 Å². The van der Waals surface area contributed by atoms with E-state index < -0.39 is 0 Å². The second kappa shape index (κ2) is 9.39. The van der Waals surface area contributed by atoms with Gasteiger partial charge in [0.1, 0.15) is 5.82 Å². The minimum absolute atomic E-state index is 0.0371. The summed E-state index contributed by atoms with van der Waals surface area (Å²) in [5, 5.41) is 0. The first-order valence-electron chi connectivity index (χ1n) is 13.1. The zero-order chi connectivity index (χ0) is 21.3. The maximum atomic E-state index is 14.9. The first-order valence-corrected chi connectivity index (χ1v) is 13.1. The van der Waals surface area contributed by atoms with Gasteiger partial charge in [0.15, 0.2) is 0 Å². The van der Waals surface area contributed by atoms with Gasteiger partial charge in [-0.25, -0.2) is 4.39 Å². The van der Waals surface area contributed by atoms with E-state index in [1.807, 2.05) is 18.2 Å². The smallest absolute Gasteiger partial charge is 0.146 e. The van der Waals surface area contributed by atoms with Crippen LogP contribution >= 0.6 is 0 Å². The standard InChI is InChI=1S/C27H42FN3/c1-29-19-22-20-31(26-14-10-9-13-25(26)28)27(24(22)21-29)15-17-30(18-16-27)23-11-7-5-3-2-4-6-8-12-23/h9-10,13-14,22-24H,2-8,11-12,15-21H2,1H3/t22-,24-/m0/s1. The summed E-state index contributed by atoms with van der Waals surface area (Å²) >= 11 is 0. The van der Waals surface area contributed by atoms with Gasteiger partial charge in [-0.05, 0) is 50.8 Å². The molecule has 3 heterocycles. The Hall–Kier alpha value is -1.13. The molecule has 3 nitrogen and oxygen atoms in total. The number of likely N-dealkylation sites (tertiary alicyclic amines) is 2. The number of benzene rings is 1. The van der Waals surface area contributed by atoms with Gasteiger partial charge in [0.2, 0.25) is 0 Å². The molecule has 0 amide bonds. The summed E-state index contributed by atoms with van der Waals surface area (Å²) in [4.78, 5) is 7.87. The van der Waals surface area contributed by atoms with Gasteiger partial charge in [-0.15, -0.1) is 0 Å². The first kappa shape index (κ1) is 21.7. The number of piperidine rings is 1. The summed E-state index contributed by atoms with van der Waals surface area (Å²) in [7, 11) is 2.27. The van der Waals surface area contributed by atoms with E-state index in [2.05, 4.69) is 21.7 Å². The number of hydrogen-bond acceptors (Lipinski definition) is 3. The Balaban J connectivity index is 1.33. The molecule has 0 radical (unpaired) electrons. The molecule has 4 aliphatic rings. The molecule has 0 bridgehead atoms. The quantitative estimate of drug-likeness (QED) is 0.612. The number of fused-ring (bicyclic) bond motifs is 2. The van der Waals surface area contributed by atoms with Crippen molar-refractivity contribution in [3.63, 3.8) is 0 Å². The Kier molecular flexibility index (Phi) is 6.57. The maximum Gasteiger partial charge on any atom is 0.146 e. The molecule has 1 spiro atoms. The van der Waals surface area contributed by atoms with Gasteiger partial charge < -0.3 is 14.7 Å². The average molecular weight is 428 g/mol. The molecule has 31 heavy (non-hydrogen) atoms. The average Bonchev–Trinajstić information content (AvgIpc) is 3.29. The van der Waals surface area contributed by atoms with Gasteiger partial charge in [0, 0.05) is 50.2 Å². The van der Waals surface area contributed by atoms with Crippen LogP contribution in [0.3, 0.4) is 0 Å². The molecule has 0 N–H and O–H groups in total. The molecule has 1 aliphatic carbocycles. The Morgan fingerprint density at radius 2 is 1.48 bits per heavy atom.